The van der Waals surface area contributed by atoms with Crippen LogP contribution >= 0.6 is 23.4 Å². The van der Waals surface area contributed by atoms with Gasteiger partial charge in [0.15, 0.2) is 5.75 Å². The third-order valence-electron chi connectivity index (χ3n) is 3.79. The molecule has 2 heterocycles. The van der Waals surface area contributed by atoms with E-state index in [9.17, 15) is 4.79 Å². The second kappa shape index (κ2) is 7.45. The van der Waals surface area contributed by atoms with E-state index in [1.165, 1.54) is 28.8 Å². The highest BCUT2D eigenvalue weighted by Gasteiger charge is 2.12. The summed E-state index contributed by atoms with van der Waals surface area (Å²) in [7, 11) is 1.62. The normalized spacial score (nSPS) is 10.9. The predicted molar refractivity (Wildman–Crippen MR) is 104 cm³/mol. The molecule has 8 nitrogen and oxygen atoms in total. The molecule has 28 heavy (non-hydrogen) atoms. The summed E-state index contributed by atoms with van der Waals surface area (Å²) in [4.78, 5) is 20.1. The standard InChI is InChI=1S/C18H13ClN4O4S/c1-26-10-2-4-12(5-3-10)28-16-7-15-14(6-13(16)19)21-17(22-15)23-9-11(8-20-23)27-18(24)25/h2-9H,1H3,(H,21,22)(H,24,25). The third kappa shape index (κ3) is 3.75. The number of aromatic nitrogens is 4. The molecule has 4 rings (SSSR count). The Balaban J connectivity index is 1.62. The third-order valence-corrected chi connectivity index (χ3v) is 5.28. The summed E-state index contributed by atoms with van der Waals surface area (Å²) in [6.45, 7) is 0. The molecule has 2 aromatic heterocycles. The summed E-state index contributed by atoms with van der Waals surface area (Å²) in [6, 6.07) is 11.3. The van der Waals surface area contributed by atoms with Gasteiger partial charge in [-0.05, 0) is 36.4 Å². The monoisotopic (exact) mass is 416 g/mol. The van der Waals surface area contributed by atoms with Gasteiger partial charge in [-0.3, -0.25) is 0 Å². The Bertz CT molecular complexity index is 1160. The van der Waals surface area contributed by atoms with E-state index in [1.807, 2.05) is 30.3 Å². The number of nitrogens with zero attached hydrogens (tertiary/aromatic N) is 3. The van der Waals surface area contributed by atoms with E-state index in [1.54, 1.807) is 13.2 Å². The van der Waals surface area contributed by atoms with Crippen LogP contribution in [0.2, 0.25) is 5.02 Å². The Labute approximate surface area is 168 Å². The Hall–Kier alpha value is -3.17. The summed E-state index contributed by atoms with van der Waals surface area (Å²) < 4.78 is 11.1. The van der Waals surface area contributed by atoms with Crippen LogP contribution in [0, 0.1) is 0 Å². The van der Waals surface area contributed by atoms with Crippen LogP contribution in [0.5, 0.6) is 11.5 Å². The zero-order chi connectivity index (χ0) is 19.7. The summed E-state index contributed by atoms with van der Waals surface area (Å²) in [5, 5.41) is 13.3. The number of carbonyl (C=O) groups is 1. The second-order valence-corrected chi connectivity index (χ2v) is 7.15. The lowest BCUT2D eigenvalue weighted by molar-refractivity contribution is 0.144. The number of nitrogens with one attached hydrogen (secondary N) is 1. The van der Waals surface area contributed by atoms with E-state index in [-0.39, 0.29) is 5.75 Å². The van der Waals surface area contributed by atoms with Gasteiger partial charge in [-0.1, -0.05) is 23.4 Å². The van der Waals surface area contributed by atoms with Gasteiger partial charge < -0.3 is 19.6 Å². The van der Waals surface area contributed by atoms with Gasteiger partial charge in [-0.25, -0.2) is 14.5 Å². The van der Waals surface area contributed by atoms with E-state index in [0.29, 0.717) is 16.5 Å². The van der Waals surface area contributed by atoms with Crippen LogP contribution in [0.15, 0.2) is 58.6 Å². The first-order chi connectivity index (χ1) is 13.5. The number of fused-ring (bicyclic) bond motifs is 1. The van der Waals surface area contributed by atoms with E-state index in [0.717, 1.165) is 21.1 Å². The molecule has 0 aliphatic carbocycles. The van der Waals surface area contributed by atoms with Gasteiger partial charge in [0.2, 0.25) is 5.95 Å². The van der Waals surface area contributed by atoms with Crippen LogP contribution in [0.25, 0.3) is 17.0 Å². The van der Waals surface area contributed by atoms with Gasteiger partial charge in [-0.2, -0.15) is 5.10 Å². The van der Waals surface area contributed by atoms with Crippen molar-refractivity contribution in [1.82, 2.24) is 19.7 Å². The van der Waals surface area contributed by atoms with Crippen LogP contribution in [0.3, 0.4) is 0 Å². The molecule has 2 N–H and O–H groups in total. The van der Waals surface area contributed by atoms with Crippen molar-refractivity contribution < 1.29 is 19.4 Å². The molecule has 0 aliphatic rings. The maximum Gasteiger partial charge on any atom is 0.511 e. The molecule has 0 spiro atoms. The molecule has 4 aromatic rings. The van der Waals surface area contributed by atoms with Gasteiger partial charge in [0, 0.05) is 9.79 Å². The lowest BCUT2D eigenvalue weighted by Gasteiger charge is -2.05. The van der Waals surface area contributed by atoms with Gasteiger partial charge in [0.25, 0.3) is 0 Å². The summed E-state index contributed by atoms with van der Waals surface area (Å²) in [5.41, 5.74) is 1.43. The zero-order valence-corrected chi connectivity index (χ0v) is 16.0. The first-order valence-electron chi connectivity index (χ1n) is 7.99. The molecule has 0 unspecified atom stereocenters. The number of imidazole rings is 1. The van der Waals surface area contributed by atoms with Gasteiger partial charge in [0.05, 0.1) is 35.6 Å². The Morgan fingerprint density at radius 2 is 2.04 bits per heavy atom. The second-order valence-electron chi connectivity index (χ2n) is 5.63. The average molecular weight is 417 g/mol. The minimum atomic E-state index is -1.41. The van der Waals surface area contributed by atoms with E-state index < -0.39 is 6.16 Å². The highest BCUT2D eigenvalue weighted by atomic mass is 35.5. The summed E-state index contributed by atoms with van der Waals surface area (Å²) in [5.74, 6) is 1.30. The summed E-state index contributed by atoms with van der Waals surface area (Å²) >= 11 is 7.94. The van der Waals surface area contributed by atoms with E-state index in [4.69, 9.17) is 21.4 Å². The summed E-state index contributed by atoms with van der Waals surface area (Å²) in [6.07, 6.45) is 1.30. The minimum Gasteiger partial charge on any atom is -0.497 e. The number of H-pyrrole nitrogens is 1. The molecule has 0 saturated carbocycles. The molecule has 0 radical (unpaired) electrons. The number of rotatable bonds is 5. The number of hydrogen-bond acceptors (Lipinski definition) is 6. The van der Waals surface area contributed by atoms with Crippen molar-refractivity contribution in [3.8, 4) is 17.4 Å². The SMILES string of the molecule is COc1ccc(Sc2cc3nc(-n4cc(OC(=O)O)cn4)[nH]c3cc2Cl)cc1. The highest BCUT2D eigenvalue weighted by molar-refractivity contribution is 7.99. The Morgan fingerprint density at radius 1 is 1.25 bits per heavy atom. The first kappa shape index (κ1) is 18.2. The van der Waals surface area contributed by atoms with E-state index >= 15 is 0 Å². The molecule has 0 fully saturated rings. The molecule has 0 atom stereocenters. The Kier molecular flexibility index (Phi) is 4.84. The number of benzene rings is 2. The number of hydrogen-bond donors (Lipinski definition) is 2. The van der Waals surface area contributed by atoms with Crippen LogP contribution in [-0.4, -0.2) is 38.1 Å². The van der Waals surface area contributed by atoms with Crippen molar-refractivity contribution in [2.75, 3.05) is 7.11 Å². The molecule has 0 amide bonds. The molecule has 142 valence electrons. The van der Waals surface area contributed by atoms with Crippen molar-refractivity contribution >= 4 is 40.6 Å². The van der Waals surface area contributed by atoms with Crippen molar-refractivity contribution in [3.63, 3.8) is 0 Å². The fourth-order valence-corrected chi connectivity index (χ4v) is 3.66. The van der Waals surface area contributed by atoms with Crippen LogP contribution in [0.4, 0.5) is 4.79 Å². The van der Waals surface area contributed by atoms with Gasteiger partial charge in [-0.15, -0.1) is 0 Å². The predicted octanol–water partition coefficient (Wildman–Crippen LogP) is 4.62. The average Bonchev–Trinajstić information content (AvgIpc) is 3.28. The topological polar surface area (TPSA) is 102 Å². The number of halogens is 1. The fourth-order valence-electron chi connectivity index (χ4n) is 2.53. The van der Waals surface area contributed by atoms with Gasteiger partial charge >= 0.3 is 6.16 Å². The molecule has 0 saturated heterocycles. The van der Waals surface area contributed by atoms with Crippen molar-refractivity contribution in [2.45, 2.75) is 9.79 Å². The van der Waals surface area contributed by atoms with Gasteiger partial charge in [0.1, 0.15) is 5.75 Å². The molecule has 0 aliphatic heterocycles. The zero-order valence-electron chi connectivity index (χ0n) is 14.4. The van der Waals surface area contributed by atoms with Crippen molar-refractivity contribution in [2.24, 2.45) is 0 Å². The first-order valence-corrected chi connectivity index (χ1v) is 9.18. The minimum absolute atomic E-state index is 0.0988. The largest absolute Gasteiger partial charge is 0.511 e. The Morgan fingerprint density at radius 3 is 2.75 bits per heavy atom. The highest BCUT2D eigenvalue weighted by Crippen LogP contribution is 2.36. The quantitative estimate of drug-likeness (QED) is 0.457. The maximum absolute atomic E-state index is 10.6. The maximum atomic E-state index is 10.6. The number of carboxylic acid groups (broad SMARTS) is 1. The molecule has 2 aromatic carbocycles. The van der Waals surface area contributed by atoms with E-state index in [2.05, 4.69) is 19.8 Å². The smallest absolute Gasteiger partial charge is 0.497 e. The van der Waals surface area contributed by atoms with Crippen LogP contribution in [0.1, 0.15) is 0 Å². The lowest BCUT2D eigenvalue weighted by Crippen LogP contribution is -2.02. The molecular formula is C18H13ClN4O4S. The number of methoxy groups -OCH3 is 1. The van der Waals surface area contributed by atoms with Crippen LogP contribution < -0.4 is 9.47 Å². The fraction of sp³-hybridized carbons (Fsp3) is 0.0556. The number of aromatic amines is 1. The molecule has 0 bridgehead atoms. The molecule has 10 heteroatoms. The lowest BCUT2D eigenvalue weighted by atomic mass is 10.3. The van der Waals surface area contributed by atoms with Crippen molar-refractivity contribution in [3.05, 3.63) is 53.8 Å². The van der Waals surface area contributed by atoms with Crippen LogP contribution in [-0.2, 0) is 0 Å². The number of ether oxygens (including phenoxy) is 2. The molecular weight excluding hydrogens is 404 g/mol. The van der Waals surface area contributed by atoms with Crippen molar-refractivity contribution in [1.29, 1.82) is 0 Å².